The van der Waals surface area contributed by atoms with Crippen LogP contribution in [0.5, 0.6) is 0 Å². The monoisotopic (exact) mass is 338 g/mol. The van der Waals surface area contributed by atoms with E-state index < -0.39 is 5.69 Å². The van der Waals surface area contributed by atoms with E-state index >= 15 is 0 Å². The summed E-state index contributed by atoms with van der Waals surface area (Å²) in [5.41, 5.74) is 1.53. The molecule has 3 aromatic heterocycles. The largest absolute Gasteiger partial charge is 0.393 e. The van der Waals surface area contributed by atoms with Gasteiger partial charge < -0.3 is 15.1 Å². The normalized spacial score (nSPS) is 21.4. The summed E-state index contributed by atoms with van der Waals surface area (Å²) in [6.45, 7) is 0. The Labute approximate surface area is 143 Å². The molecule has 0 radical (unpaired) electrons. The van der Waals surface area contributed by atoms with E-state index in [0.717, 1.165) is 23.8 Å². The van der Waals surface area contributed by atoms with E-state index in [0.29, 0.717) is 24.2 Å². The molecule has 1 aliphatic carbocycles. The summed E-state index contributed by atoms with van der Waals surface area (Å²) in [7, 11) is 0. The Morgan fingerprint density at radius 3 is 3.12 bits per heavy atom. The molecule has 3 unspecified atom stereocenters. The number of rotatable bonds is 4. The zero-order chi connectivity index (χ0) is 17.4. The molecule has 0 aromatic carbocycles. The summed E-state index contributed by atoms with van der Waals surface area (Å²) in [5, 5.41) is 24.2. The van der Waals surface area contributed by atoms with Crippen LogP contribution in [0.2, 0.25) is 0 Å². The number of fused-ring (bicyclic) bond motifs is 1. The maximum Gasteiger partial charge on any atom is 0.347 e. The van der Waals surface area contributed by atoms with Crippen molar-refractivity contribution in [3.05, 3.63) is 35.1 Å². The third-order valence-corrected chi connectivity index (χ3v) is 4.96. The van der Waals surface area contributed by atoms with Crippen LogP contribution in [0.3, 0.4) is 0 Å². The maximum absolute atomic E-state index is 11.8. The molecule has 25 heavy (non-hydrogen) atoms. The molecular weight excluding hydrogens is 320 g/mol. The van der Waals surface area contributed by atoms with Gasteiger partial charge in [0.2, 0.25) is 0 Å². The molecule has 3 N–H and O–H groups in total. The maximum atomic E-state index is 11.8. The Hall–Kier alpha value is -2.92. The van der Waals surface area contributed by atoms with Crippen molar-refractivity contribution in [1.29, 1.82) is 5.26 Å². The van der Waals surface area contributed by atoms with E-state index in [-0.39, 0.29) is 18.1 Å². The van der Waals surface area contributed by atoms with Gasteiger partial charge in [0.05, 0.1) is 36.5 Å². The molecule has 128 valence electrons. The zero-order valence-electron chi connectivity index (χ0n) is 13.5. The predicted molar refractivity (Wildman–Crippen MR) is 90.6 cm³/mol. The van der Waals surface area contributed by atoms with E-state index in [1.807, 2.05) is 12.3 Å². The first-order valence-electron chi connectivity index (χ1n) is 8.32. The van der Waals surface area contributed by atoms with Crippen LogP contribution < -0.4 is 5.69 Å². The fraction of sp³-hybridized carbons (Fsp3) is 0.412. The summed E-state index contributed by atoms with van der Waals surface area (Å²) in [6, 6.07) is 4.00. The highest BCUT2D eigenvalue weighted by molar-refractivity contribution is 5.89. The minimum atomic E-state index is -0.426. The highest BCUT2D eigenvalue weighted by Crippen LogP contribution is 2.36. The van der Waals surface area contributed by atoms with Gasteiger partial charge in [0.15, 0.2) is 0 Å². The molecule has 8 heteroatoms. The van der Waals surface area contributed by atoms with Crippen LogP contribution in [0.1, 0.15) is 31.7 Å². The molecule has 1 saturated carbocycles. The smallest absolute Gasteiger partial charge is 0.347 e. The second kappa shape index (κ2) is 6.18. The minimum absolute atomic E-state index is 0.0776. The number of aromatic amines is 2. The fourth-order valence-corrected chi connectivity index (χ4v) is 3.75. The summed E-state index contributed by atoms with van der Waals surface area (Å²) in [6.07, 6.45) is 7.66. The van der Waals surface area contributed by atoms with E-state index in [4.69, 9.17) is 0 Å². The van der Waals surface area contributed by atoms with Gasteiger partial charge >= 0.3 is 5.69 Å². The number of aliphatic hydroxyl groups is 1. The standard InChI is InChI=1S/C17H18N6O2/c18-5-3-14(10-1-2-12(24)7-10)23-9-11(8-20-23)15-13-4-6-19-16(13)22-17(25)21-15/h4,6,8-10,12,14,24H,1-3,7H2,(H2,19,21,22,25). The molecule has 0 saturated heterocycles. The second-order valence-corrected chi connectivity index (χ2v) is 6.52. The number of hydrogen-bond acceptors (Lipinski definition) is 5. The highest BCUT2D eigenvalue weighted by Gasteiger charge is 2.31. The molecule has 1 fully saturated rings. The molecule has 3 atom stereocenters. The molecule has 0 bridgehead atoms. The Balaban J connectivity index is 1.72. The summed E-state index contributed by atoms with van der Waals surface area (Å²) in [4.78, 5) is 21.4. The molecular formula is C17H18N6O2. The van der Waals surface area contributed by atoms with Gasteiger partial charge in [-0.3, -0.25) is 4.68 Å². The van der Waals surface area contributed by atoms with Gasteiger partial charge in [-0.2, -0.15) is 15.3 Å². The molecule has 0 amide bonds. The molecule has 1 aliphatic rings. The third-order valence-electron chi connectivity index (χ3n) is 4.96. The second-order valence-electron chi connectivity index (χ2n) is 6.52. The Kier molecular flexibility index (Phi) is 3.86. The topological polar surface area (TPSA) is 123 Å². The average molecular weight is 338 g/mol. The Morgan fingerprint density at radius 2 is 2.36 bits per heavy atom. The van der Waals surface area contributed by atoms with Gasteiger partial charge in [0, 0.05) is 23.3 Å². The van der Waals surface area contributed by atoms with E-state index in [2.05, 4.69) is 26.1 Å². The quantitative estimate of drug-likeness (QED) is 0.668. The molecule has 4 rings (SSSR count). The van der Waals surface area contributed by atoms with Crippen LogP contribution in [0, 0.1) is 17.2 Å². The van der Waals surface area contributed by atoms with Gasteiger partial charge in [0.25, 0.3) is 0 Å². The van der Waals surface area contributed by atoms with Gasteiger partial charge in [-0.25, -0.2) is 4.79 Å². The molecule has 8 nitrogen and oxygen atoms in total. The number of aromatic nitrogens is 5. The molecule has 3 heterocycles. The van der Waals surface area contributed by atoms with Crippen molar-refractivity contribution in [2.45, 2.75) is 37.8 Å². The van der Waals surface area contributed by atoms with Gasteiger partial charge in [-0.1, -0.05) is 0 Å². The zero-order valence-corrected chi connectivity index (χ0v) is 13.5. The van der Waals surface area contributed by atoms with Crippen LogP contribution in [-0.4, -0.2) is 35.9 Å². The fourth-order valence-electron chi connectivity index (χ4n) is 3.75. The van der Waals surface area contributed by atoms with Crippen LogP contribution in [0.15, 0.2) is 29.5 Å². The van der Waals surface area contributed by atoms with E-state index in [1.54, 1.807) is 17.1 Å². The van der Waals surface area contributed by atoms with E-state index in [1.165, 1.54) is 0 Å². The lowest BCUT2D eigenvalue weighted by atomic mass is 9.96. The highest BCUT2D eigenvalue weighted by atomic mass is 16.3. The summed E-state index contributed by atoms with van der Waals surface area (Å²) in [5.74, 6) is 0.228. The van der Waals surface area contributed by atoms with E-state index in [9.17, 15) is 15.2 Å². The molecule has 0 spiro atoms. The lowest BCUT2D eigenvalue weighted by Gasteiger charge is -2.21. The van der Waals surface area contributed by atoms with Crippen molar-refractivity contribution >= 4 is 11.0 Å². The third kappa shape index (κ3) is 2.83. The number of hydrogen-bond donors (Lipinski definition) is 3. The van der Waals surface area contributed by atoms with Gasteiger partial charge in [-0.15, -0.1) is 0 Å². The van der Waals surface area contributed by atoms with Crippen molar-refractivity contribution in [1.82, 2.24) is 24.7 Å². The van der Waals surface area contributed by atoms with Crippen molar-refractivity contribution in [2.75, 3.05) is 0 Å². The summed E-state index contributed by atoms with van der Waals surface area (Å²) >= 11 is 0. The first-order chi connectivity index (χ1) is 12.2. The van der Waals surface area contributed by atoms with Crippen molar-refractivity contribution in [2.24, 2.45) is 5.92 Å². The number of H-pyrrole nitrogens is 2. The number of nitriles is 1. The van der Waals surface area contributed by atoms with Crippen molar-refractivity contribution in [3.8, 4) is 17.3 Å². The SMILES string of the molecule is N#CCC(C1CCC(O)C1)n1cc(-c2[nH]c(=O)nc3[nH]ccc23)cn1. The Morgan fingerprint density at radius 1 is 1.48 bits per heavy atom. The number of nitrogens with one attached hydrogen (secondary N) is 2. The first kappa shape index (κ1) is 15.6. The van der Waals surface area contributed by atoms with Crippen molar-refractivity contribution < 1.29 is 5.11 Å². The molecule has 3 aromatic rings. The van der Waals surface area contributed by atoms with Crippen LogP contribution in [0.25, 0.3) is 22.3 Å². The van der Waals surface area contributed by atoms with Crippen molar-refractivity contribution in [3.63, 3.8) is 0 Å². The average Bonchev–Trinajstić information content (AvgIpc) is 3.32. The summed E-state index contributed by atoms with van der Waals surface area (Å²) < 4.78 is 1.79. The lowest BCUT2D eigenvalue weighted by molar-refractivity contribution is 0.170. The van der Waals surface area contributed by atoms with Gasteiger partial charge in [-0.05, 0) is 31.2 Å². The Bertz CT molecular complexity index is 994. The number of aliphatic hydroxyl groups excluding tert-OH is 1. The molecule has 0 aliphatic heterocycles. The van der Waals surface area contributed by atoms with Crippen LogP contribution in [-0.2, 0) is 0 Å². The number of nitrogens with zero attached hydrogens (tertiary/aromatic N) is 4. The predicted octanol–water partition coefficient (Wildman–Crippen LogP) is 1.73. The first-order valence-corrected chi connectivity index (χ1v) is 8.32. The minimum Gasteiger partial charge on any atom is -0.393 e. The van der Waals surface area contributed by atoms with Gasteiger partial charge in [0.1, 0.15) is 5.65 Å². The lowest BCUT2D eigenvalue weighted by Crippen LogP contribution is -2.18. The van der Waals surface area contributed by atoms with Crippen LogP contribution in [0.4, 0.5) is 0 Å². The van der Waals surface area contributed by atoms with Crippen LogP contribution >= 0.6 is 0 Å².